The van der Waals surface area contributed by atoms with Gasteiger partial charge in [-0.05, 0) is 109 Å². The van der Waals surface area contributed by atoms with Gasteiger partial charge in [0.25, 0.3) is 0 Å². The van der Waals surface area contributed by atoms with Crippen LogP contribution in [0.1, 0.15) is 63.6 Å². The lowest BCUT2D eigenvalue weighted by Gasteiger charge is -2.60. The van der Waals surface area contributed by atoms with E-state index in [-0.39, 0.29) is 10.8 Å². The van der Waals surface area contributed by atoms with E-state index in [1.165, 1.54) is 41.3 Å². The van der Waals surface area contributed by atoms with E-state index < -0.39 is 5.60 Å². The van der Waals surface area contributed by atoms with Crippen LogP contribution in [0.25, 0.3) is 27.6 Å². The van der Waals surface area contributed by atoms with E-state index >= 15 is 0 Å². The molecule has 0 unspecified atom stereocenters. The summed E-state index contributed by atoms with van der Waals surface area (Å²) in [5.74, 6) is 6.23. The molecule has 7 atom stereocenters. The number of fused-ring (bicyclic) bond motifs is 10. The minimum atomic E-state index is -0.929. The molecule has 4 aliphatic rings. The van der Waals surface area contributed by atoms with E-state index in [1.54, 1.807) is 0 Å². The summed E-state index contributed by atoms with van der Waals surface area (Å²) < 4.78 is 2.23. The highest BCUT2D eigenvalue weighted by Gasteiger charge is 2.64. The number of rotatable bonds is 0. The fourth-order valence-corrected chi connectivity index (χ4v) is 9.76. The minimum Gasteiger partial charge on any atom is -0.377 e. The highest BCUT2D eigenvalue weighted by atomic mass is 16.3. The van der Waals surface area contributed by atoms with E-state index in [0.717, 1.165) is 48.9 Å². The third kappa shape index (κ3) is 2.74. The molecule has 1 N–H and O–H groups in total. The summed E-state index contributed by atoms with van der Waals surface area (Å²) in [4.78, 5) is 10.1. The van der Waals surface area contributed by atoms with Crippen molar-refractivity contribution in [2.45, 2.75) is 70.8 Å². The van der Waals surface area contributed by atoms with Gasteiger partial charge in [-0.2, -0.15) is 0 Å². The van der Waals surface area contributed by atoms with Crippen LogP contribution in [-0.4, -0.2) is 25.1 Å². The van der Waals surface area contributed by atoms with Gasteiger partial charge in [0.2, 0.25) is 5.78 Å². The molecule has 3 fully saturated rings. The molecule has 2 aromatic heterocycles. The Hall–Kier alpha value is -2.90. The van der Waals surface area contributed by atoms with E-state index in [0.29, 0.717) is 23.7 Å². The van der Waals surface area contributed by atoms with Gasteiger partial charge in [0.05, 0.1) is 11.0 Å². The summed E-state index contributed by atoms with van der Waals surface area (Å²) in [6.07, 6.45) is 17.0. The van der Waals surface area contributed by atoms with Crippen molar-refractivity contribution in [2.75, 3.05) is 0 Å². The summed E-state index contributed by atoms with van der Waals surface area (Å²) in [5, 5.41) is 13.8. The number of aromatic nitrogens is 3. The first-order valence-corrected chi connectivity index (χ1v) is 14.2. The van der Waals surface area contributed by atoms with Gasteiger partial charge in [0.15, 0.2) is 0 Å². The molecule has 4 nitrogen and oxygen atoms in total. The van der Waals surface area contributed by atoms with Gasteiger partial charge >= 0.3 is 0 Å². The highest BCUT2D eigenvalue weighted by Crippen LogP contribution is 2.67. The van der Waals surface area contributed by atoms with Gasteiger partial charge in [-0.1, -0.05) is 44.0 Å². The lowest BCUT2D eigenvalue weighted by molar-refractivity contribution is -0.127. The van der Waals surface area contributed by atoms with E-state index in [4.69, 9.17) is 16.4 Å². The monoisotopic (exact) mass is 489 g/mol. The molecule has 0 aliphatic heterocycles. The Balaban J connectivity index is 1.20. The number of hydrogen-bond acceptors (Lipinski definition) is 3. The molecular weight excluding hydrogens is 454 g/mol. The normalized spacial score (nSPS) is 38.6. The van der Waals surface area contributed by atoms with Gasteiger partial charge in [0.1, 0.15) is 5.60 Å². The fraction of sp³-hybridized carbons (Fsp3) is 0.515. The molecule has 0 spiro atoms. The van der Waals surface area contributed by atoms with Gasteiger partial charge < -0.3 is 5.11 Å². The third-order valence-electron chi connectivity index (χ3n) is 11.9. The number of imidazole rings is 1. The Kier molecular flexibility index (Phi) is 4.27. The van der Waals surface area contributed by atoms with Crippen LogP contribution in [0.5, 0.6) is 0 Å². The lowest BCUT2D eigenvalue weighted by Crippen LogP contribution is -2.56. The molecule has 0 bridgehead atoms. The molecule has 8 rings (SSSR count). The molecule has 188 valence electrons. The summed E-state index contributed by atoms with van der Waals surface area (Å²) in [5.41, 5.74) is 4.03. The summed E-state index contributed by atoms with van der Waals surface area (Å²) in [6.45, 7) is 4.87. The maximum atomic E-state index is 11.4. The van der Waals surface area contributed by atoms with Crippen molar-refractivity contribution in [3.05, 3.63) is 53.9 Å². The topological polar surface area (TPSA) is 50.4 Å². The van der Waals surface area contributed by atoms with Crippen molar-refractivity contribution in [3.8, 4) is 12.3 Å². The van der Waals surface area contributed by atoms with Gasteiger partial charge in [0, 0.05) is 17.3 Å². The van der Waals surface area contributed by atoms with Crippen LogP contribution in [-0.2, 0) is 12.8 Å². The van der Waals surface area contributed by atoms with Crippen LogP contribution in [0, 0.1) is 46.8 Å². The lowest BCUT2D eigenvalue weighted by atomic mass is 9.44. The van der Waals surface area contributed by atoms with Crippen LogP contribution in [0.2, 0.25) is 0 Å². The minimum absolute atomic E-state index is 0.134. The molecule has 3 saturated carbocycles. The zero-order chi connectivity index (χ0) is 25.2. The van der Waals surface area contributed by atoms with Crippen molar-refractivity contribution in [3.63, 3.8) is 0 Å². The molecule has 4 aliphatic carbocycles. The van der Waals surface area contributed by atoms with Crippen molar-refractivity contribution in [1.82, 2.24) is 14.4 Å². The van der Waals surface area contributed by atoms with Crippen LogP contribution in [0.15, 0.2) is 42.6 Å². The predicted octanol–water partition coefficient (Wildman–Crippen LogP) is 6.36. The Morgan fingerprint density at radius 3 is 2.59 bits per heavy atom. The molecule has 37 heavy (non-hydrogen) atoms. The van der Waals surface area contributed by atoms with Crippen LogP contribution in [0.3, 0.4) is 0 Å². The van der Waals surface area contributed by atoms with Gasteiger partial charge in [-0.25, -0.2) is 9.97 Å². The maximum Gasteiger partial charge on any atom is 0.235 e. The van der Waals surface area contributed by atoms with Crippen LogP contribution in [0.4, 0.5) is 0 Å². The Labute approximate surface area is 218 Å². The largest absolute Gasteiger partial charge is 0.377 e. The Morgan fingerprint density at radius 1 is 1.00 bits per heavy atom. The number of terminal acetylenes is 1. The first-order valence-electron chi connectivity index (χ1n) is 14.2. The van der Waals surface area contributed by atoms with Crippen molar-refractivity contribution >= 4 is 27.6 Å². The third-order valence-corrected chi connectivity index (χ3v) is 11.9. The van der Waals surface area contributed by atoms with Crippen LogP contribution >= 0.6 is 0 Å². The van der Waals surface area contributed by atoms with Gasteiger partial charge in [-0.3, -0.25) is 4.40 Å². The molecule has 0 radical (unpaired) electrons. The molecule has 2 heterocycles. The summed E-state index contributed by atoms with van der Waals surface area (Å²) in [7, 11) is 0. The standard InChI is InChI=1S/C33H35N3O/c1-4-33(37)14-12-26-24-10-9-23-17-27-22(18-31(23,2)25(24)11-13-32(26,33)3)19-36-29-16-21-8-6-5-7-20(21)15-28(29)35-30(36)34-27/h1,5-8,15-16,19,23-26,37H,9-14,17-18H2,2-3H3/t23-,24+,25-,26-,31-,32-,33-/m0/s1. The van der Waals surface area contributed by atoms with Gasteiger partial charge in [-0.15, -0.1) is 6.42 Å². The smallest absolute Gasteiger partial charge is 0.235 e. The highest BCUT2D eigenvalue weighted by molar-refractivity contribution is 5.96. The zero-order valence-electron chi connectivity index (χ0n) is 21.9. The average Bonchev–Trinajstić information content (AvgIpc) is 3.38. The second-order valence-corrected chi connectivity index (χ2v) is 13.2. The van der Waals surface area contributed by atoms with E-state index in [9.17, 15) is 5.11 Å². The molecule has 0 saturated heterocycles. The second-order valence-electron chi connectivity index (χ2n) is 13.2. The van der Waals surface area contributed by atoms with E-state index in [2.05, 4.69) is 66.8 Å². The molecule has 4 aromatic rings. The number of hydrogen-bond donors (Lipinski definition) is 1. The SMILES string of the molecule is C#C[C@]1(O)CC[C@H]2[C@@H]3CC[C@H]4Cc5nc6nc7cc8ccccc8cc7n6cc5C[C@]4(C)[C@H]3CC[C@@]21C. The molecule has 2 aromatic carbocycles. The molecular formula is C33H35N3O. The Bertz CT molecular complexity index is 1650. The van der Waals surface area contributed by atoms with Crippen molar-refractivity contribution < 1.29 is 5.11 Å². The Morgan fingerprint density at radius 2 is 1.78 bits per heavy atom. The maximum absolute atomic E-state index is 11.4. The van der Waals surface area contributed by atoms with Crippen molar-refractivity contribution in [1.29, 1.82) is 0 Å². The summed E-state index contributed by atoms with van der Waals surface area (Å²) >= 11 is 0. The summed E-state index contributed by atoms with van der Waals surface area (Å²) in [6, 6.07) is 13.0. The van der Waals surface area contributed by atoms with E-state index in [1.807, 2.05) is 0 Å². The number of nitrogens with zero attached hydrogens (tertiary/aromatic N) is 3. The quantitative estimate of drug-likeness (QED) is 0.293. The predicted molar refractivity (Wildman–Crippen MR) is 147 cm³/mol. The number of benzene rings is 2. The molecule has 0 amide bonds. The average molecular weight is 490 g/mol. The first kappa shape index (κ1) is 22.1. The van der Waals surface area contributed by atoms with Crippen molar-refractivity contribution in [2.24, 2.45) is 34.5 Å². The fourth-order valence-electron chi connectivity index (χ4n) is 9.76. The second kappa shape index (κ2) is 7.14. The number of aliphatic hydroxyl groups is 1. The van der Waals surface area contributed by atoms with Crippen LogP contribution < -0.4 is 0 Å². The first-order chi connectivity index (χ1) is 17.8. The molecule has 4 heteroatoms. The zero-order valence-corrected chi connectivity index (χ0v) is 21.9.